The number of piperidine rings is 1. The van der Waals surface area contributed by atoms with Crippen molar-refractivity contribution < 1.29 is 4.79 Å². The summed E-state index contributed by atoms with van der Waals surface area (Å²) in [5.41, 5.74) is -0.123. The van der Waals surface area contributed by atoms with Crippen molar-refractivity contribution in [2.75, 3.05) is 26.2 Å². The first-order valence-corrected chi connectivity index (χ1v) is 6.71. The molecule has 0 radical (unpaired) electrons. The van der Waals surface area contributed by atoms with Crippen LogP contribution in [0, 0.1) is 5.92 Å². The monoisotopic (exact) mass is 239 g/mol. The second-order valence-electron chi connectivity index (χ2n) is 6.46. The molecule has 98 valence electrons. The van der Waals surface area contributed by atoms with Gasteiger partial charge in [0, 0.05) is 24.7 Å². The Bertz CT molecular complexity index is 271. The van der Waals surface area contributed by atoms with Crippen molar-refractivity contribution in [2.45, 2.75) is 45.2 Å². The third-order valence-corrected chi connectivity index (χ3v) is 3.56. The number of nitrogens with one attached hydrogen (secondary N) is 2. The maximum atomic E-state index is 11.8. The Morgan fingerprint density at radius 2 is 2.18 bits per heavy atom. The summed E-state index contributed by atoms with van der Waals surface area (Å²) >= 11 is 0. The highest BCUT2D eigenvalue weighted by Gasteiger charge is 2.34. The third-order valence-electron chi connectivity index (χ3n) is 3.56. The highest BCUT2D eigenvalue weighted by Crippen LogP contribution is 2.24. The molecule has 4 nitrogen and oxygen atoms in total. The van der Waals surface area contributed by atoms with Crippen molar-refractivity contribution in [3.05, 3.63) is 0 Å². The lowest BCUT2D eigenvalue weighted by atomic mass is 9.94. The van der Waals surface area contributed by atoms with Crippen molar-refractivity contribution in [2.24, 2.45) is 5.92 Å². The molecule has 0 saturated carbocycles. The van der Waals surface area contributed by atoms with E-state index in [1.54, 1.807) is 0 Å². The summed E-state index contributed by atoms with van der Waals surface area (Å²) < 4.78 is 0. The Balaban J connectivity index is 1.79. The van der Waals surface area contributed by atoms with E-state index in [1.165, 1.54) is 12.8 Å². The van der Waals surface area contributed by atoms with Crippen molar-refractivity contribution in [1.29, 1.82) is 0 Å². The number of carbonyl (C=O) groups excluding carboxylic acids is 1. The topological polar surface area (TPSA) is 44.4 Å². The predicted molar refractivity (Wildman–Crippen MR) is 68.9 cm³/mol. The number of fused-ring (bicyclic) bond motifs is 1. The second-order valence-corrected chi connectivity index (χ2v) is 6.46. The molecule has 0 spiro atoms. The van der Waals surface area contributed by atoms with E-state index >= 15 is 0 Å². The number of likely N-dealkylation sites (tertiary alicyclic amines) is 1. The van der Waals surface area contributed by atoms with Gasteiger partial charge in [-0.3, -0.25) is 9.69 Å². The Hall–Kier alpha value is -0.610. The minimum atomic E-state index is -0.123. The number of rotatable bonds is 2. The van der Waals surface area contributed by atoms with Crippen molar-refractivity contribution in [3.8, 4) is 0 Å². The Kier molecular flexibility index (Phi) is 3.73. The van der Waals surface area contributed by atoms with Gasteiger partial charge in [-0.2, -0.15) is 0 Å². The van der Waals surface area contributed by atoms with Crippen LogP contribution in [0.4, 0.5) is 0 Å². The lowest BCUT2D eigenvalue weighted by Crippen LogP contribution is -2.46. The largest absolute Gasteiger partial charge is 0.350 e. The molecule has 0 aromatic heterocycles. The number of hydrogen-bond acceptors (Lipinski definition) is 3. The quantitative estimate of drug-likeness (QED) is 0.741. The molecular formula is C13H25N3O. The molecule has 1 amide bonds. The van der Waals surface area contributed by atoms with Gasteiger partial charge in [-0.05, 0) is 46.1 Å². The molecule has 2 heterocycles. The molecule has 2 aliphatic rings. The van der Waals surface area contributed by atoms with E-state index in [1.807, 2.05) is 20.8 Å². The second kappa shape index (κ2) is 4.94. The minimum absolute atomic E-state index is 0.123. The van der Waals surface area contributed by atoms with Gasteiger partial charge in [0.15, 0.2) is 0 Å². The highest BCUT2D eigenvalue weighted by atomic mass is 16.2. The van der Waals surface area contributed by atoms with E-state index in [0.29, 0.717) is 12.6 Å². The van der Waals surface area contributed by atoms with Crippen LogP contribution >= 0.6 is 0 Å². The molecule has 4 heteroatoms. The first kappa shape index (κ1) is 12.8. The van der Waals surface area contributed by atoms with E-state index < -0.39 is 0 Å². The smallest absolute Gasteiger partial charge is 0.234 e. The SMILES string of the molecule is CC(C)(C)NC(=O)CN1C[C@@H]2CCCN[C@@H]2C1. The first-order valence-electron chi connectivity index (χ1n) is 6.71. The number of nitrogens with zero attached hydrogens (tertiary/aromatic N) is 1. The van der Waals surface area contributed by atoms with Crippen LogP contribution in [0.5, 0.6) is 0 Å². The molecule has 2 N–H and O–H groups in total. The maximum Gasteiger partial charge on any atom is 0.234 e. The van der Waals surface area contributed by atoms with Gasteiger partial charge in [-0.1, -0.05) is 0 Å². The molecule has 2 aliphatic heterocycles. The highest BCUT2D eigenvalue weighted by molar-refractivity contribution is 5.78. The molecule has 0 aromatic carbocycles. The summed E-state index contributed by atoms with van der Waals surface area (Å²) in [7, 11) is 0. The van der Waals surface area contributed by atoms with Crippen molar-refractivity contribution in [3.63, 3.8) is 0 Å². The summed E-state index contributed by atoms with van der Waals surface area (Å²) in [6.45, 7) is 9.87. The Morgan fingerprint density at radius 3 is 2.82 bits per heavy atom. The van der Waals surface area contributed by atoms with Crippen molar-refractivity contribution in [1.82, 2.24) is 15.5 Å². The normalized spacial score (nSPS) is 30.1. The lowest BCUT2D eigenvalue weighted by Gasteiger charge is -2.24. The van der Waals surface area contributed by atoms with Gasteiger partial charge in [-0.25, -0.2) is 0 Å². The van der Waals surface area contributed by atoms with Gasteiger partial charge in [0.2, 0.25) is 5.91 Å². The first-order chi connectivity index (χ1) is 7.94. The van der Waals surface area contributed by atoms with E-state index in [0.717, 1.165) is 25.6 Å². The van der Waals surface area contributed by atoms with Crippen LogP contribution in [-0.4, -0.2) is 48.6 Å². The molecule has 2 saturated heterocycles. The molecule has 2 fully saturated rings. The van der Waals surface area contributed by atoms with E-state index in [2.05, 4.69) is 15.5 Å². The van der Waals surface area contributed by atoms with Gasteiger partial charge < -0.3 is 10.6 Å². The molecule has 0 bridgehead atoms. The van der Waals surface area contributed by atoms with Crippen LogP contribution in [0.25, 0.3) is 0 Å². The van der Waals surface area contributed by atoms with Crippen LogP contribution in [0.2, 0.25) is 0 Å². The fraction of sp³-hybridized carbons (Fsp3) is 0.923. The van der Waals surface area contributed by atoms with E-state index in [-0.39, 0.29) is 11.4 Å². The summed E-state index contributed by atoms with van der Waals surface area (Å²) in [5, 5.41) is 6.59. The van der Waals surface area contributed by atoms with Crippen LogP contribution in [0.1, 0.15) is 33.6 Å². The van der Waals surface area contributed by atoms with Gasteiger partial charge in [-0.15, -0.1) is 0 Å². The summed E-state index contributed by atoms with van der Waals surface area (Å²) in [6, 6.07) is 0.617. The van der Waals surface area contributed by atoms with E-state index in [4.69, 9.17) is 0 Å². The Labute approximate surface area is 104 Å². The summed E-state index contributed by atoms with van der Waals surface area (Å²) in [4.78, 5) is 14.1. The van der Waals surface area contributed by atoms with Gasteiger partial charge in [0.1, 0.15) is 0 Å². The average molecular weight is 239 g/mol. The number of amides is 1. The zero-order valence-electron chi connectivity index (χ0n) is 11.3. The average Bonchev–Trinajstić information content (AvgIpc) is 2.55. The third kappa shape index (κ3) is 3.68. The molecule has 0 aromatic rings. The van der Waals surface area contributed by atoms with Crippen LogP contribution < -0.4 is 10.6 Å². The molecule has 0 aliphatic carbocycles. The molecule has 17 heavy (non-hydrogen) atoms. The zero-order valence-corrected chi connectivity index (χ0v) is 11.3. The summed E-state index contributed by atoms with van der Waals surface area (Å²) in [5.74, 6) is 0.905. The van der Waals surface area contributed by atoms with Gasteiger partial charge >= 0.3 is 0 Å². The van der Waals surface area contributed by atoms with Crippen LogP contribution in [0.15, 0.2) is 0 Å². The number of carbonyl (C=O) groups is 1. The standard InChI is InChI=1S/C13H25N3O/c1-13(2,3)15-12(17)9-16-7-10-5-4-6-14-11(10)8-16/h10-11,14H,4-9H2,1-3H3,(H,15,17)/t10-,11+/m0/s1. The Morgan fingerprint density at radius 1 is 1.41 bits per heavy atom. The maximum absolute atomic E-state index is 11.8. The molecular weight excluding hydrogens is 214 g/mol. The molecule has 0 unspecified atom stereocenters. The predicted octanol–water partition coefficient (Wildman–Crippen LogP) is 0.585. The van der Waals surface area contributed by atoms with Crippen LogP contribution in [-0.2, 0) is 4.79 Å². The molecule has 2 atom stereocenters. The summed E-state index contributed by atoms with van der Waals surface area (Å²) in [6.07, 6.45) is 2.60. The van der Waals surface area contributed by atoms with Crippen LogP contribution in [0.3, 0.4) is 0 Å². The van der Waals surface area contributed by atoms with Gasteiger partial charge in [0.05, 0.1) is 6.54 Å². The number of hydrogen-bond donors (Lipinski definition) is 2. The van der Waals surface area contributed by atoms with Crippen molar-refractivity contribution >= 4 is 5.91 Å². The molecule has 2 rings (SSSR count). The fourth-order valence-corrected chi connectivity index (χ4v) is 2.93. The van der Waals surface area contributed by atoms with Gasteiger partial charge in [0.25, 0.3) is 0 Å². The zero-order chi connectivity index (χ0) is 12.5. The minimum Gasteiger partial charge on any atom is -0.350 e. The lowest BCUT2D eigenvalue weighted by molar-refractivity contribution is -0.123. The fourth-order valence-electron chi connectivity index (χ4n) is 2.93. The van der Waals surface area contributed by atoms with E-state index in [9.17, 15) is 4.79 Å².